The summed E-state index contributed by atoms with van der Waals surface area (Å²) in [4.78, 5) is 14.8. The second-order valence-corrected chi connectivity index (χ2v) is 7.93. The SMILES string of the molecule is O=c1[nH]c2c(Cl)cccc2n1CC1CCCS(=O)(=O)C1. The van der Waals surface area contributed by atoms with Gasteiger partial charge in [0.1, 0.15) is 0 Å². The van der Waals surface area contributed by atoms with Crippen LogP contribution in [0.25, 0.3) is 11.0 Å². The van der Waals surface area contributed by atoms with E-state index in [1.54, 1.807) is 16.7 Å². The van der Waals surface area contributed by atoms with E-state index in [0.29, 0.717) is 23.5 Å². The first-order valence-corrected chi connectivity index (χ1v) is 8.74. The lowest BCUT2D eigenvalue weighted by molar-refractivity contribution is 0.427. The largest absolute Gasteiger partial charge is 0.326 e. The maximum atomic E-state index is 12.0. The van der Waals surface area contributed by atoms with Crippen molar-refractivity contribution in [3.8, 4) is 0 Å². The van der Waals surface area contributed by atoms with Crippen molar-refractivity contribution in [2.75, 3.05) is 11.5 Å². The Labute approximate surface area is 121 Å². The highest BCUT2D eigenvalue weighted by Crippen LogP contribution is 2.23. The third-order valence-electron chi connectivity index (χ3n) is 3.76. The van der Waals surface area contributed by atoms with Crippen molar-refractivity contribution in [2.45, 2.75) is 19.4 Å². The van der Waals surface area contributed by atoms with Crippen molar-refractivity contribution < 1.29 is 8.42 Å². The van der Waals surface area contributed by atoms with Crippen LogP contribution in [0.4, 0.5) is 0 Å². The normalized spacial score (nSPS) is 22.1. The Bertz CT molecular complexity index is 807. The molecule has 1 fully saturated rings. The van der Waals surface area contributed by atoms with E-state index in [1.165, 1.54) is 0 Å². The standard InChI is InChI=1S/C13H15ClN2O3S/c14-10-4-1-5-11-12(10)15-13(17)16(11)7-9-3-2-6-20(18,19)8-9/h1,4-5,9H,2-3,6-8H2,(H,15,17). The van der Waals surface area contributed by atoms with Gasteiger partial charge in [0.25, 0.3) is 0 Å². The Balaban J connectivity index is 1.97. The summed E-state index contributed by atoms with van der Waals surface area (Å²) in [5.74, 6) is 0.412. The Kier molecular flexibility index (Phi) is 3.38. The molecule has 2 aromatic rings. The average molecular weight is 315 g/mol. The average Bonchev–Trinajstić information content (AvgIpc) is 2.67. The lowest BCUT2D eigenvalue weighted by Gasteiger charge is -2.22. The van der Waals surface area contributed by atoms with Gasteiger partial charge in [0.2, 0.25) is 0 Å². The van der Waals surface area contributed by atoms with Crippen molar-refractivity contribution in [1.82, 2.24) is 9.55 Å². The summed E-state index contributed by atoms with van der Waals surface area (Å²) in [7, 11) is -2.96. The minimum atomic E-state index is -2.96. The van der Waals surface area contributed by atoms with E-state index in [0.717, 1.165) is 11.9 Å². The van der Waals surface area contributed by atoms with Crippen LogP contribution in [0, 0.1) is 5.92 Å². The molecule has 1 aliphatic rings. The number of nitrogens with one attached hydrogen (secondary N) is 1. The fourth-order valence-corrected chi connectivity index (χ4v) is 4.83. The molecule has 1 aromatic carbocycles. The fraction of sp³-hybridized carbons (Fsp3) is 0.462. The first-order chi connectivity index (χ1) is 9.46. The molecule has 2 heterocycles. The molecule has 7 heteroatoms. The van der Waals surface area contributed by atoms with Gasteiger partial charge in [-0.1, -0.05) is 17.7 Å². The molecule has 20 heavy (non-hydrogen) atoms. The molecule has 108 valence electrons. The van der Waals surface area contributed by atoms with Crippen molar-refractivity contribution in [3.63, 3.8) is 0 Å². The predicted octanol–water partition coefficient (Wildman–Crippen LogP) is 1.81. The number of aromatic amines is 1. The molecule has 3 rings (SSSR count). The molecule has 5 nitrogen and oxygen atoms in total. The molecule has 0 amide bonds. The Morgan fingerprint density at radius 1 is 1.40 bits per heavy atom. The van der Waals surface area contributed by atoms with Gasteiger partial charge in [-0.15, -0.1) is 0 Å². The second-order valence-electron chi connectivity index (χ2n) is 5.30. The number of rotatable bonds is 2. The number of sulfone groups is 1. The number of benzene rings is 1. The summed E-state index contributed by atoms with van der Waals surface area (Å²) >= 11 is 6.05. The van der Waals surface area contributed by atoms with Crippen LogP contribution >= 0.6 is 11.6 Å². The number of hydrogen-bond donors (Lipinski definition) is 1. The van der Waals surface area contributed by atoms with Gasteiger partial charge in [-0.25, -0.2) is 13.2 Å². The number of H-pyrrole nitrogens is 1. The number of para-hydroxylation sites is 1. The van der Waals surface area contributed by atoms with Crippen LogP contribution in [0.2, 0.25) is 5.02 Å². The molecule has 1 N–H and O–H groups in total. The van der Waals surface area contributed by atoms with Crippen LogP contribution in [0.5, 0.6) is 0 Å². The Hall–Kier alpha value is -1.27. The predicted molar refractivity (Wildman–Crippen MR) is 78.9 cm³/mol. The molecule has 0 radical (unpaired) electrons. The van der Waals surface area contributed by atoms with Crippen molar-refractivity contribution in [3.05, 3.63) is 33.7 Å². The topological polar surface area (TPSA) is 71.9 Å². The van der Waals surface area contributed by atoms with Crippen molar-refractivity contribution in [2.24, 2.45) is 5.92 Å². The molecule has 0 bridgehead atoms. The third kappa shape index (κ3) is 2.50. The van der Waals surface area contributed by atoms with E-state index in [1.807, 2.05) is 6.07 Å². The van der Waals surface area contributed by atoms with E-state index in [2.05, 4.69) is 4.98 Å². The van der Waals surface area contributed by atoms with Gasteiger partial charge >= 0.3 is 5.69 Å². The molecule has 0 spiro atoms. The monoisotopic (exact) mass is 314 g/mol. The quantitative estimate of drug-likeness (QED) is 0.919. The van der Waals surface area contributed by atoms with E-state index < -0.39 is 9.84 Å². The number of imidazole rings is 1. The summed E-state index contributed by atoms with van der Waals surface area (Å²) < 4.78 is 24.9. The first-order valence-electron chi connectivity index (χ1n) is 6.54. The van der Waals surface area contributed by atoms with Crippen LogP contribution in [0.3, 0.4) is 0 Å². The summed E-state index contributed by atoms with van der Waals surface area (Å²) in [6, 6.07) is 5.32. The molecule has 1 saturated heterocycles. The second kappa shape index (κ2) is 4.93. The summed E-state index contributed by atoms with van der Waals surface area (Å²) in [5.41, 5.74) is 1.10. The van der Waals surface area contributed by atoms with Crippen LogP contribution in [-0.4, -0.2) is 29.5 Å². The fourth-order valence-electron chi connectivity index (χ4n) is 2.85. The van der Waals surface area contributed by atoms with Gasteiger partial charge in [0.05, 0.1) is 27.6 Å². The van der Waals surface area contributed by atoms with Gasteiger partial charge in [-0.05, 0) is 30.9 Å². The first kappa shape index (κ1) is 13.7. The van der Waals surface area contributed by atoms with Gasteiger partial charge < -0.3 is 4.98 Å². The zero-order valence-electron chi connectivity index (χ0n) is 10.8. The molecular weight excluding hydrogens is 300 g/mol. The Morgan fingerprint density at radius 3 is 2.95 bits per heavy atom. The molecule has 1 unspecified atom stereocenters. The number of nitrogens with zero attached hydrogens (tertiary/aromatic N) is 1. The van der Waals surface area contributed by atoms with Crippen LogP contribution in [-0.2, 0) is 16.4 Å². The molecule has 1 aromatic heterocycles. The van der Waals surface area contributed by atoms with Gasteiger partial charge in [0, 0.05) is 6.54 Å². The summed E-state index contributed by atoms with van der Waals surface area (Å²) in [5, 5.41) is 0.495. The molecule has 1 atom stereocenters. The molecule has 0 aliphatic carbocycles. The van der Waals surface area contributed by atoms with Crippen LogP contribution in [0.15, 0.2) is 23.0 Å². The smallest absolute Gasteiger partial charge is 0.304 e. The number of fused-ring (bicyclic) bond motifs is 1. The van der Waals surface area contributed by atoms with E-state index in [-0.39, 0.29) is 23.1 Å². The van der Waals surface area contributed by atoms with Crippen molar-refractivity contribution in [1.29, 1.82) is 0 Å². The highest BCUT2D eigenvalue weighted by Gasteiger charge is 2.26. The van der Waals surface area contributed by atoms with E-state index >= 15 is 0 Å². The van der Waals surface area contributed by atoms with Gasteiger partial charge in [-0.2, -0.15) is 0 Å². The maximum Gasteiger partial charge on any atom is 0.326 e. The lowest BCUT2D eigenvalue weighted by Crippen LogP contribution is -2.30. The van der Waals surface area contributed by atoms with Crippen molar-refractivity contribution >= 4 is 32.5 Å². The van der Waals surface area contributed by atoms with Gasteiger partial charge in [0.15, 0.2) is 9.84 Å². The van der Waals surface area contributed by atoms with E-state index in [9.17, 15) is 13.2 Å². The van der Waals surface area contributed by atoms with Crippen LogP contribution in [0.1, 0.15) is 12.8 Å². The zero-order chi connectivity index (χ0) is 14.3. The molecule has 0 saturated carbocycles. The van der Waals surface area contributed by atoms with E-state index in [4.69, 9.17) is 11.6 Å². The molecular formula is C13H15ClN2O3S. The molecule has 1 aliphatic heterocycles. The number of halogens is 1. The van der Waals surface area contributed by atoms with Gasteiger partial charge in [-0.3, -0.25) is 4.57 Å². The highest BCUT2D eigenvalue weighted by atomic mass is 35.5. The minimum absolute atomic E-state index is 0.00979. The maximum absolute atomic E-state index is 12.0. The minimum Gasteiger partial charge on any atom is -0.304 e. The lowest BCUT2D eigenvalue weighted by atomic mass is 10.1. The summed E-state index contributed by atoms with van der Waals surface area (Å²) in [6.45, 7) is 0.415. The summed E-state index contributed by atoms with van der Waals surface area (Å²) in [6.07, 6.45) is 1.50. The third-order valence-corrected chi connectivity index (χ3v) is 5.96. The van der Waals surface area contributed by atoms with Crippen LogP contribution < -0.4 is 5.69 Å². The number of aromatic nitrogens is 2. The number of hydrogen-bond acceptors (Lipinski definition) is 3. The zero-order valence-corrected chi connectivity index (χ0v) is 12.4. The highest BCUT2D eigenvalue weighted by molar-refractivity contribution is 7.91. The Morgan fingerprint density at radius 2 is 2.20 bits per heavy atom.